The lowest BCUT2D eigenvalue weighted by molar-refractivity contribution is -0.139. The number of halogens is 2. The summed E-state index contributed by atoms with van der Waals surface area (Å²) in [5.41, 5.74) is 1.57. The average Bonchev–Trinajstić information content (AvgIpc) is 3.50. The molecule has 5 nitrogen and oxygen atoms in total. The third-order valence-corrected chi connectivity index (χ3v) is 5.69. The highest BCUT2D eigenvalue weighted by Gasteiger charge is 2.34. The monoisotopic (exact) mass is 414 g/mol. The molecule has 0 unspecified atom stereocenters. The van der Waals surface area contributed by atoms with E-state index >= 15 is 0 Å². The normalized spacial score (nSPS) is 16.4. The van der Waals surface area contributed by atoms with E-state index in [9.17, 15) is 18.8 Å². The number of carbonyl (C=O) groups is 3. The van der Waals surface area contributed by atoms with Gasteiger partial charge in [0.05, 0.1) is 13.1 Å². The van der Waals surface area contributed by atoms with Crippen LogP contribution < -0.4 is 0 Å². The molecule has 7 heteroatoms. The molecule has 29 heavy (non-hydrogen) atoms. The SMILES string of the molecule is O=C1CCC(=O)N1Cc1ccc(C(=O)N(Cc2c(F)cccc2Cl)C2CC2)cc1. The molecule has 2 fully saturated rings. The molecule has 0 aromatic heterocycles. The lowest BCUT2D eigenvalue weighted by Gasteiger charge is -2.23. The maximum absolute atomic E-state index is 14.2. The van der Waals surface area contributed by atoms with Gasteiger partial charge in [0.15, 0.2) is 0 Å². The van der Waals surface area contributed by atoms with Crippen molar-refractivity contribution in [2.75, 3.05) is 0 Å². The van der Waals surface area contributed by atoms with Gasteiger partial charge in [-0.1, -0.05) is 29.8 Å². The molecule has 2 aromatic rings. The van der Waals surface area contributed by atoms with E-state index in [1.807, 2.05) is 0 Å². The molecule has 0 spiro atoms. The molecule has 0 radical (unpaired) electrons. The first-order valence-electron chi connectivity index (χ1n) is 9.60. The van der Waals surface area contributed by atoms with Gasteiger partial charge in [-0.2, -0.15) is 0 Å². The van der Waals surface area contributed by atoms with Crippen LogP contribution in [0.4, 0.5) is 4.39 Å². The molecule has 0 N–H and O–H groups in total. The summed E-state index contributed by atoms with van der Waals surface area (Å²) >= 11 is 6.14. The minimum atomic E-state index is -0.425. The van der Waals surface area contributed by atoms with Gasteiger partial charge in [0.25, 0.3) is 5.91 Å². The molecular formula is C22H20ClFN2O3. The lowest BCUT2D eigenvalue weighted by Crippen LogP contribution is -2.33. The first kappa shape index (κ1) is 19.6. The van der Waals surface area contributed by atoms with E-state index in [-0.39, 0.29) is 49.7 Å². The van der Waals surface area contributed by atoms with E-state index in [4.69, 9.17) is 11.6 Å². The Kier molecular flexibility index (Phi) is 5.37. The fourth-order valence-electron chi connectivity index (χ4n) is 3.51. The van der Waals surface area contributed by atoms with Gasteiger partial charge in [-0.15, -0.1) is 0 Å². The molecule has 0 bridgehead atoms. The van der Waals surface area contributed by atoms with Crippen molar-refractivity contribution in [2.24, 2.45) is 0 Å². The number of hydrogen-bond donors (Lipinski definition) is 0. The van der Waals surface area contributed by atoms with Gasteiger partial charge in [0, 0.05) is 35.0 Å². The van der Waals surface area contributed by atoms with Crippen LogP contribution >= 0.6 is 11.6 Å². The predicted molar refractivity (Wildman–Crippen MR) is 106 cm³/mol. The Hall–Kier alpha value is -2.73. The molecular weight excluding hydrogens is 395 g/mol. The Morgan fingerprint density at radius 3 is 2.31 bits per heavy atom. The number of imide groups is 1. The highest BCUT2D eigenvalue weighted by Crippen LogP contribution is 2.32. The molecule has 4 rings (SSSR count). The molecule has 150 valence electrons. The summed E-state index contributed by atoms with van der Waals surface area (Å²) in [6.45, 7) is 0.330. The van der Waals surface area contributed by atoms with Crippen molar-refractivity contribution in [3.8, 4) is 0 Å². The van der Waals surface area contributed by atoms with Crippen LogP contribution in [-0.4, -0.2) is 33.6 Å². The van der Waals surface area contributed by atoms with Gasteiger partial charge >= 0.3 is 0 Å². The minimum absolute atomic E-state index is 0.0812. The lowest BCUT2D eigenvalue weighted by atomic mass is 10.1. The van der Waals surface area contributed by atoms with E-state index < -0.39 is 5.82 Å². The summed E-state index contributed by atoms with van der Waals surface area (Å²) in [7, 11) is 0. The molecule has 3 amide bonds. The number of carbonyl (C=O) groups excluding carboxylic acids is 3. The third kappa shape index (κ3) is 4.17. The highest BCUT2D eigenvalue weighted by atomic mass is 35.5. The fourth-order valence-corrected chi connectivity index (χ4v) is 3.73. The van der Waals surface area contributed by atoms with Crippen LogP contribution in [0.15, 0.2) is 42.5 Å². The Bertz CT molecular complexity index is 936. The van der Waals surface area contributed by atoms with Gasteiger partial charge in [-0.25, -0.2) is 4.39 Å². The first-order chi connectivity index (χ1) is 13.9. The van der Waals surface area contributed by atoms with Crippen molar-refractivity contribution in [1.29, 1.82) is 0 Å². The van der Waals surface area contributed by atoms with Crippen LogP contribution in [-0.2, 0) is 22.7 Å². The van der Waals surface area contributed by atoms with Gasteiger partial charge < -0.3 is 4.90 Å². The Balaban J connectivity index is 1.50. The summed E-state index contributed by atoms with van der Waals surface area (Å²) in [4.78, 5) is 39.5. The summed E-state index contributed by atoms with van der Waals surface area (Å²) in [6, 6.07) is 11.4. The minimum Gasteiger partial charge on any atom is -0.331 e. The smallest absolute Gasteiger partial charge is 0.254 e. The Morgan fingerprint density at radius 1 is 1.07 bits per heavy atom. The number of rotatable bonds is 6. The van der Waals surface area contributed by atoms with Gasteiger partial charge in [-0.3, -0.25) is 19.3 Å². The molecule has 1 aliphatic carbocycles. The summed E-state index contributed by atoms with van der Waals surface area (Å²) in [5.74, 6) is -0.952. The van der Waals surface area contributed by atoms with Crippen LogP contribution in [0.2, 0.25) is 5.02 Å². The second kappa shape index (κ2) is 7.95. The van der Waals surface area contributed by atoms with E-state index in [2.05, 4.69) is 0 Å². The topological polar surface area (TPSA) is 57.7 Å². The van der Waals surface area contributed by atoms with Gasteiger partial charge in [0.1, 0.15) is 5.82 Å². The third-order valence-electron chi connectivity index (χ3n) is 5.34. The van der Waals surface area contributed by atoms with E-state index in [1.54, 1.807) is 41.3 Å². The van der Waals surface area contributed by atoms with Gasteiger partial charge in [0.2, 0.25) is 11.8 Å². The van der Waals surface area contributed by atoms with Crippen LogP contribution in [0.5, 0.6) is 0 Å². The number of likely N-dealkylation sites (tertiary alicyclic amines) is 1. The fraction of sp³-hybridized carbons (Fsp3) is 0.318. The van der Waals surface area contributed by atoms with Crippen LogP contribution in [0.3, 0.4) is 0 Å². The molecule has 1 aliphatic heterocycles. The van der Waals surface area contributed by atoms with E-state index in [0.717, 1.165) is 18.4 Å². The van der Waals surface area contributed by atoms with Crippen LogP contribution in [0.25, 0.3) is 0 Å². The van der Waals surface area contributed by atoms with Crippen LogP contribution in [0.1, 0.15) is 47.2 Å². The molecule has 2 aliphatic rings. The zero-order valence-corrected chi connectivity index (χ0v) is 16.5. The maximum Gasteiger partial charge on any atom is 0.254 e. The molecule has 1 saturated carbocycles. The average molecular weight is 415 g/mol. The molecule has 1 heterocycles. The first-order valence-corrected chi connectivity index (χ1v) is 9.98. The van der Waals surface area contributed by atoms with Crippen molar-refractivity contribution in [3.63, 3.8) is 0 Å². The number of benzene rings is 2. The van der Waals surface area contributed by atoms with Crippen molar-refractivity contribution >= 4 is 29.3 Å². The Morgan fingerprint density at radius 2 is 1.72 bits per heavy atom. The number of nitrogens with zero attached hydrogens (tertiary/aromatic N) is 2. The molecule has 2 aromatic carbocycles. The second-order valence-electron chi connectivity index (χ2n) is 7.43. The quantitative estimate of drug-likeness (QED) is 0.673. The van der Waals surface area contributed by atoms with Crippen molar-refractivity contribution < 1.29 is 18.8 Å². The maximum atomic E-state index is 14.2. The Labute approximate surface area is 173 Å². The van der Waals surface area contributed by atoms with Crippen molar-refractivity contribution in [1.82, 2.24) is 9.80 Å². The van der Waals surface area contributed by atoms with Crippen molar-refractivity contribution in [3.05, 3.63) is 70.0 Å². The van der Waals surface area contributed by atoms with E-state index in [1.165, 1.54) is 11.0 Å². The summed E-state index contributed by atoms with van der Waals surface area (Å²) in [5, 5.41) is 0.304. The number of hydrogen-bond acceptors (Lipinski definition) is 3. The predicted octanol–water partition coefficient (Wildman–Crippen LogP) is 3.93. The standard InChI is InChI=1S/C22H20ClFN2O3/c23-18-2-1-3-19(24)17(18)13-25(16-8-9-16)22(29)15-6-4-14(5-7-15)12-26-20(27)10-11-21(26)28/h1-7,16H,8-13H2. The highest BCUT2D eigenvalue weighted by molar-refractivity contribution is 6.31. The molecule has 1 saturated heterocycles. The largest absolute Gasteiger partial charge is 0.331 e. The van der Waals surface area contributed by atoms with Crippen molar-refractivity contribution in [2.45, 2.75) is 44.8 Å². The summed E-state index contributed by atoms with van der Waals surface area (Å²) in [6.07, 6.45) is 2.28. The van der Waals surface area contributed by atoms with Gasteiger partial charge in [-0.05, 0) is 42.7 Å². The van der Waals surface area contributed by atoms with Crippen LogP contribution in [0, 0.1) is 5.82 Å². The zero-order chi connectivity index (χ0) is 20.5. The second-order valence-corrected chi connectivity index (χ2v) is 7.84. The zero-order valence-electron chi connectivity index (χ0n) is 15.7. The van der Waals surface area contributed by atoms with E-state index in [0.29, 0.717) is 16.1 Å². The summed E-state index contributed by atoms with van der Waals surface area (Å²) < 4.78 is 14.2. The molecule has 0 atom stereocenters. The number of amides is 3.